The Balaban J connectivity index is 1.37. The minimum absolute atomic E-state index is 0.0501. The van der Waals surface area contributed by atoms with Crippen molar-refractivity contribution in [2.24, 2.45) is 5.92 Å². The quantitative estimate of drug-likeness (QED) is 0.224. The highest BCUT2D eigenvalue weighted by molar-refractivity contribution is 6.35. The number of aromatic amines is 1. The van der Waals surface area contributed by atoms with E-state index in [-0.39, 0.29) is 23.7 Å². The maximum atomic E-state index is 13.6. The second-order valence-electron chi connectivity index (χ2n) is 8.89. The van der Waals surface area contributed by atoms with E-state index < -0.39 is 0 Å². The molecule has 0 aliphatic heterocycles. The number of carbonyl (C=O) groups excluding carboxylic acids is 2. The summed E-state index contributed by atoms with van der Waals surface area (Å²) in [5.74, 6) is 0.837. The molecule has 0 atom stereocenters. The monoisotopic (exact) mass is 503 g/mol. The van der Waals surface area contributed by atoms with Crippen LogP contribution in [0.3, 0.4) is 0 Å². The highest BCUT2D eigenvalue weighted by atomic mass is 35.5. The number of ether oxygens (including phenoxy) is 2. The van der Waals surface area contributed by atoms with E-state index in [1.807, 2.05) is 36.4 Å². The molecule has 5 rings (SSSR count). The van der Waals surface area contributed by atoms with Crippen molar-refractivity contribution >= 4 is 40.1 Å². The van der Waals surface area contributed by atoms with Crippen LogP contribution in [0.2, 0.25) is 5.02 Å². The van der Waals surface area contributed by atoms with Gasteiger partial charge in [0.25, 0.3) is 0 Å². The minimum atomic E-state index is -0.206. The summed E-state index contributed by atoms with van der Waals surface area (Å²) in [6.07, 6.45) is 6.59. The molecule has 184 valence electrons. The lowest BCUT2D eigenvalue weighted by Gasteiger charge is -2.28. The van der Waals surface area contributed by atoms with Gasteiger partial charge in [-0.2, -0.15) is 0 Å². The Morgan fingerprint density at radius 2 is 1.78 bits per heavy atom. The van der Waals surface area contributed by atoms with Crippen LogP contribution >= 0.6 is 11.6 Å². The number of para-hydroxylation sites is 1. The fourth-order valence-electron chi connectivity index (χ4n) is 4.73. The molecule has 1 saturated carbocycles. The van der Waals surface area contributed by atoms with Crippen molar-refractivity contribution in [3.63, 3.8) is 0 Å². The molecular weight excluding hydrogens is 478 g/mol. The normalized spacial score (nSPS) is 17.5. The highest BCUT2D eigenvalue weighted by Gasteiger charge is 2.28. The number of methoxy groups -OCH3 is 1. The number of nitrogens with zero attached hydrogens (tertiary/aromatic N) is 1. The van der Waals surface area contributed by atoms with Gasteiger partial charge in [-0.25, -0.2) is 4.98 Å². The van der Waals surface area contributed by atoms with Crippen LogP contribution in [0, 0.1) is 5.92 Å². The number of rotatable bonds is 7. The maximum Gasteiger partial charge on any atom is 0.308 e. The van der Waals surface area contributed by atoms with Crippen LogP contribution in [0.15, 0.2) is 67.0 Å². The fraction of sp³-hybridized carbons (Fsp3) is 0.250. The van der Waals surface area contributed by atoms with Crippen LogP contribution < -0.4 is 10.1 Å². The summed E-state index contributed by atoms with van der Waals surface area (Å²) in [6.45, 7) is 0. The van der Waals surface area contributed by atoms with E-state index in [0.717, 1.165) is 36.8 Å². The third-order valence-corrected chi connectivity index (χ3v) is 6.92. The lowest BCUT2D eigenvalue weighted by molar-refractivity contribution is -0.146. The van der Waals surface area contributed by atoms with Crippen LogP contribution in [0.1, 0.15) is 41.6 Å². The topological polar surface area (TPSA) is 93.3 Å². The van der Waals surface area contributed by atoms with E-state index in [1.54, 1.807) is 30.6 Å². The Labute approximate surface area is 213 Å². The molecule has 4 aromatic rings. The second kappa shape index (κ2) is 10.4. The predicted octanol–water partition coefficient (Wildman–Crippen LogP) is 6.38. The van der Waals surface area contributed by atoms with Crippen LogP contribution in [0.5, 0.6) is 11.5 Å². The van der Waals surface area contributed by atoms with Gasteiger partial charge in [0.15, 0.2) is 5.78 Å². The second-order valence-corrected chi connectivity index (χ2v) is 9.29. The van der Waals surface area contributed by atoms with Crippen LogP contribution in [0.4, 0.5) is 5.69 Å². The first kappa shape index (κ1) is 23.9. The summed E-state index contributed by atoms with van der Waals surface area (Å²) >= 11 is 6.53. The summed E-state index contributed by atoms with van der Waals surface area (Å²) in [5.41, 5.74) is 2.31. The van der Waals surface area contributed by atoms with Gasteiger partial charge in [-0.3, -0.25) is 9.59 Å². The molecule has 2 aromatic heterocycles. The summed E-state index contributed by atoms with van der Waals surface area (Å²) in [4.78, 5) is 32.9. The summed E-state index contributed by atoms with van der Waals surface area (Å²) in [7, 11) is 1.43. The zero-order chi connectivity index (χ0) is 25.1. The molecule has 0 spiro atoms. The van der Waals surface area contributed by atoms with Gasteiger partial charge >= 0.3 is 5.97 Å². The van der Waals surface area contributed by atoms with E-state index >= 15 is 0 Å². The first-order valence-electron chi connectivity index (χ1n) is 11.9. The molecule has 1 fully saturated rings. The minimum Gasteiger partial charge on any atom is -0.469 e. The molecule has 36 heavy (non-hydrogen) atoms. The number of H-pyrrole nitrogens is 1. The Bertz CT molecular complexity index is 1390. The number of aromatic nitrogens is 2. The van der Waals surface area contributed by atoms with Gasteiger partial charge in [-0.05, 0) is 56.0 Å². The maximum absolute atomic E-state index is 13.6. The number of nitrogens with one attached hydrogen (secondary N) is 2. The van der Waals surface area contributed by atoms with E-state index in [9.17, 15) is 9.59 Å². The Morgan fingerprint density at radius 3 is 2.50 bits per heavy atom. The fourth-order valence-corrected chi connectivity index (χ4v) is 4.99. The molecule has 0 radical (unpaired) electrons. The molecular formula is C28H26ClN3O4. The largest absolute Gasteiger partial charge is 0.469 e. The van der Waals surface area contributed by atoms with Gasteiger partial charge in [0, 0.05) is 35.8 Å². The Kier molecular flexibility index (Phi) is 6.91. The smallest absolute Gasteiger partial charge is 0.308 e. The third-order valence-electron chi connectivity index (χ3n) is 6.60. The van der Waals surface area contributed by atoms with Crippen molar-refractivity contribution < 1.29 is 19.1 Å². The van der Waals surface area contributed by atoms with Crippen LogP contribution in [-0.4, -0.2) is 34.9 Å². The van der Waals surface area contributed by atoms with Gasteiger partial charge in [-0.15, -0.1) is 0 Å². The first-order chi connectivity index (χ1) is 17.5. The molecule has 0 unspecified atom stereocenters. The first-order valence-corrected chi connectivity index (χ1v) is 12.3. The molecule has 2 N–H and O–H groups in total. The average Bonchev–Trinajstić information content (AvgIpc) is 3.34. The number of ketones is 1. The zero-order valence-corrected chi connectivity index (χ0v) is 20.5. The molecule has 1 aliphatic carbocycles. The number of fused-ring (bicyclic) bond motifs is 1. The van der Waals surface area contributed by atoms with Crippen molar-refractivity contribution in [2.45, 2.75) is 31.7 Å². The number of anilines is 1. The molecule has 0 amide bonds. The number of esters is 1. The number of hydrogen-bond donors (Lipinski definition) is 2. The van der Waals surface area contributed by atoms with Gasteiger partial charge < -0.3 is 19.8 Å². The Morgan fingerprint density at radius 1 is 1.00 bits per heavy atom. The van der Waals surface area contributed by atoms with Gasteiger partial charge in [0.2, 0.25) is 0 Å². The molecule has 0 saturated heterocycles. The molecule has 2 aromatic carbocycles. The lowest BCUT2D eigenvalue weighted by atomic mass is 9.86. The summed E-state index contributed by atoms with van der Waals surface area (Å²) < 4.78 is 10.7. The van der Waals surface area contributed by atoms with E-state index in [1.165, 1.54) is 7.11 Å². The molecule has 7 nitrogen and oxygen atoms in total. The number of carbonyl (C=O) groups is 2. The van der Waals surface area contributed by atoms with Crippen molar-refractivity contribution in [3.8, 4) is 11.5 Å². The number of hydrogen-bond acceptors (Lipinski definition) is 6. The SMILES string of the molecule is COC(=O)[C@H]1CC[C@H](Nc2ccnc3[nH]cc(C(=O)c4ccc(Oc5ccccc5)cc4Cl)c23)CC1. The van der Waals surface area contributed by atoms with Crippen LogP contribution in [0.25, 0.3) is 11.0 Å². The standard InChI is InChI=1S/C28H26ClN3O4/c1-35-28(34)17-7-9-18(10-8-17)32-24-13-14-30-27-25(24)22(16-31-27)26(33)21-12-11-20(15-23(21)29)36-19-5-3-2-4-6-19/h2-6,11-18H,7-10H2,1H3,(H2,30,31,32)/t17-,18-. The van der Waals surface area contributed by atoms with Crippen molar-refractivity contribution in [1.82, 2.24) is 9.97 Å². The zero-order valence-electron chi connectivity index (χ0n) is 19.8. The number of halogens is 1. The van der Waals surface area contributed by atoms with E-state index in [2.05, 4.69) is 15.3 Å². The third kappa shape index (κ3) is 4.93. The van der Waals surface area contributed by atoms with Gasteiger partial charge in [0.1, 0.15) is 17.1 Å². The number of pyridine rings is 1. The van der Waals surface area contributed by atoms with Crippen molar-refractivity contribution in [1.29, 1.82) is 0 Å². The van der Waals surface area contributed by atoms with Gasteiger partial charge in [-0.1, -0.05) is 29.8 Å². The molecule has 0 bridgehead atoms. The van der Waals surface area contributed by atoms with E-state index in [4.69, 9.17) is 21.1 Å². The lowest BCUT2D eigenvalue weighted by Crippen LogP contribution is -2.30. The van der Waals surface area contributed by atoms with E-state index in [0.29, 0.717) is 33.3 Å². The van der Waals surface area contributed by atoms with Crippen LogP contribution in [-0.2, 0) is 9.53 Å². The summed E-state index contributed by atoms with van der Waals surface area (Å²) in [6, 6.07) is 16.5. The van der Waals surface area contributed by atoms with Gasteiger partial charge in [0.05, 0.1) is 29.0 Å². The molecule has 2 heterocycles. The predicted molar refractivity (Wildman–Crippen MR) is 139 cm³/mol. The van der Waals surface area contributed by atoms with Crippen molar-refractivity contribution in [2.75, 3.05) is 12.4 Å². The summed E-state index contributed by atoms with van der Waals surface area (Å²) in [5, 5.41) is 4.60. The molecule has 8 heteroatoms. The number of benzene rings is 2. The molecule has 1 aliphatic rings. The Hall–Kier alpha value is -3.84. The highest BCUT2D eigenvalue weighted by Crippen LogP contribution is 2.34. The average molecular weight is 504 g/mol. The van der Waals surface area contributed by atoms with Crippen molar-refractivity contribution in [3.05, 3.63) is 83.1 Å².